The number of carbonyl (C=O) groups is 1. The van der Waals surface area contributed by atoms with Gasteiger partial charge < -0.3 is 11.1 Å². The summed E-state index contributed by atoms with van der Waals surface area (Å²) in [5, 5.41) is 2.90. The monoisotopic (exact) mass is 268 g/mol. The molecule has 0 aliphatic heterocycles. The number of benzene rings is 2. The zero-order valence-corrected chi connectivity index (χ0v) is 11.9. The molecule has 1 amide bonds. The molecule has 0 saturated carbocycles. The van der Waals surface area contributed by atoms with Crippen molar-refractivity contribution < 1.29 is 4.79 Å². The highest BCUT2D eigenvalue weighted by atomic mass is 16.1. The number of nitrogens with one attached hydrogen (secondary N) is 1. The molecule has 0 heterocycles. The number of nitrogen functional groups attached to an aromatic ring is 1. The van der Waals surface area contributed by atoms with Gasteiger partial charge in [-0.15, -0.1) is 0 Å². The Labute approximate surface area is 119 Å². The summed E-state index contributed by atoms with van der Waals surface area (Å²) in [5.74, 6) is 0.458. The highest BCUT2D eigenvalue weighted by Gasteiger charge is 2.05. The van der Waals surface area contributed by atoms with E-state index in [1.54, 1.807) is 0 Å². The molecule has 0 aliphatic carbocycles. The number of amides is 1. The van der Waals surface area contributed by atoms with Crippen LogP contribution in [-0.4, -0.2) is 5.91 Å². The lowest BCUT2D eigenvalue weighted by Gasteiger charge is -2.08. The molecule has 0 spiro atoms. The summed E-state index contributed by atoms with van der Waals surface area (Å²) in [6.45, 7) is 4.29. The summed E-state index contributed by atoms with van der Waals surface area (Å²) in [4.78, 5) is 12.0. The Hall–Kier alpha value is -2.29. The molecule has 0 saturated heterocycles. The van der Waals surface area contributed by atoms with Crippen LogP contribution in [0.25, 0.3) is 0 Å². The molecule has 0 unspecified atom stereocenters. The van der Waals surface area contributed by atoms with E-state index in [1.165, 1.54) is 5.56 Å². The van der Waals surface area contributed by atoms with E-state index < -0.39 is 0 Å². The molecule has 2 aromatic rings. The molecule has 0 bridgehead atoms. The third-order valence-corrected chi connectivity index (χ3v) is 3.18. The van der Waals surface area contributed by atoms with Crippen LogP contribution in [0.5, 0.6) is 0 Å². The highest BCUT2D eigenvalue weighted by Crippen LogP contribution is 2.17. The Balaban J connectivity index is 1.97. The molecule has 0 aromatic heterocycles. The number of carbonyl (C=O) groups excluding carboxylic acids is 1. The van der Waals surface area contributed by atoms with Gasteiger partial charge in [0.1, 0.15) is 0 Å². The van der Waals surface area contributed by atoms with Crippen LogP contribution in [0.4, 0.5) is 11.4 Å². The lowest BCUT2D eigenvalue weighted by molar-refractivity contribution is -0.115. The van der Waals surface area contributed by atoms with Crippen LogP contribution in [0.15, 0.2) is 48.5 Å². The van der Waals surface area contributed by atoms with Crippen LogP contribution in [0.1, 0.15) is 30.9 Å². The predicted octanol–water partition coefficient (Wildman–Crippen LogP) is 3.57. The maximum absolute atomic E-state index is 12.0. The van der Waals surface area contributed by atoms with Crippen molar-refractivity contribution in [3.8, 4) is 0 Å². The molecule has 104 valence electrons. The summed E-state index contributed by atoms with van der Waals surface area (Å²) in [5.41, 5.74) is 9.38. The average Bonchev–Trinajstić information content (AvgIpc) is 2.39. The number of anilines is 2. The third-order valence-electron chi connectivity index (χ3n) is 3.18. The molecule has 3 heteroatoms. The fourth-order valence-corrected chi connectivity index (χ4v) is 2.05. The Morgan fingerprint density at radius 3 is 2.45 bits per heavy atom. The molecule has 3 nitrogen and oxygen atoms in total. The Bertz CT molecular complexity index is 588. The van der Waals surface area contributed by atoms with Gasteiger partial charge in [0.2, 0.25) is 5.91 Å². The normalized spacial score (nSPS) is 10.6. The second kappa shape index (κ2) is 6.24. The molecular formula is C17H20N2O. The van der Waals surface area contributed by atoms with E-state index in [0.717, 1.165) is 11.3 Å². The Kier molecular flexibility index (Phi) is 4.41. The molecule has 2 rings (SSSR count). The van der Waals surface area contributed by atoms with Crippen molar-refractivity contribution in [3.63, 3.8) is 0 Å². The van der Waals surface area contributed by atoms with Crippen molar-refractivity contribution in [2.45, 2.75) is 26.2 Å². The molecule has 2 aromatic carbocycles. The fourth-order valence-electron chi connectivity index (χ4n) is 2.05. The standard InChI is InChI=1S/C17H20N2O/c1-12(2)14-6-8-16(9-7-14)19-17(20)11-13-4-3-5-15(18)10-13/h3-10,12H,11,18H2,1-2H3,(H,19,20). The summed E-state index contributed by atoms with van der Waals surface area (Å²) < 4.78 is 0. The molecule has 0 aliphatic rings. The van der Waals surface area contributed by atoms with E-state index in [-0.39, 0.29) is 5.91 Å². The van der Waals surface area contributed by atoms with Gasteiger partial charge in [0.25, 0.3) is 0 Å². The fraction of sp³-hybridized carbons (Fsp3) is 0.235. The zero-order valence-electron chi connectivity index (χ0n) is 11.9. The first-order valence-electron chi connectivity index (χ1n) is 6.79. The van der Waals surface area contributed by atoms with Crippen LogP contribution >= 0.6 is 0 Å². The largest absolute Gasteiger partial charge is 0.399 e. The minimum Gasteiger partial charge on any atom is -0.399 e. The first-order chi connectivity index (χ1) is 9.54. The van der Waals surface area contributed by atoms with Crippen molar-refractivity contribution in [3.05, 3.63) is 59.7 Å². The second-order valence-corrected chi connectivity index (χ2v) is 5.25. The van der Waals surface area contributed by atoms with Crippen molar-refractivity contribution in [2.24, 2.45) is 0 Å². The molecular weight excluding hydrogens is 248 g/mol. The summed E-state index contributed by atoms with van der Waals surface area (Å²) in [6.07, 6.45) is 0.330. The van der Waals surface area contributed by atoms with Crippen molar-refractivity contribution in [2.75, 3.05) is 11.1 Å². The van der Waals surface area contributed by atoms with E-state index in [9.17, 15) is 4.79 Å². The third kappa shape index (κ3) is 3.85. The first-order valence-corrected chi connectivity index (χ1v) is 6.79. The van der Waals surface area contributed by atoms with Crippen LogP contribution in [0, 0.1) is 0 Å². The second-order valence-electron chi connectivity index (χ2n) is 5.25. The molecule has 20 heavy (non-hydrogen) atoms. The zero-order chi connectivity index (χ0) is 14.5. The van der Waals surface area contributed by atoms with Gasteiger partial charge in [0.05, 0.1) is 6.42 Å². The number of nitrogens with two attached hydrogens (primary N) is 1. The summed E-state index contributed by atoms with van der Waals surface area (Å²) >= 11 is 0. The summed E-state index contributed by atoms with van der Waals surface area (Å²) in [6, 6.07) is 15.3. The number of rotatable bonds is 4. The maximum Gasteiger partial charge on any atom is 0.228 e. The van der Waals surface area contributed by atoms with Gasteiger partial charge in [-0.2, -0.15) is 0 Å². The SMILES string of the molecule is CC(C)c1ccc(NC(=O)Cc2cccc(N)c2)cc1. The van der Waals surface area contributed by atoms with E-state index in [1.807, 2.05) is 48.5 Å². The minimum absolute atomic E-state index is 0.0344. The van der Waals surface area contributed by atoms with Gasteiger partial charge in [-0.1, -0.05) is 38.1 Å². The molecule has 0 fully saturated rings. The number of hydrogen-bond acceptors (Lipinski definition) is 2. The van der Waals surface area contributed by atoms with Crippen LogP contribution in [0.2, 0.25) is 0 Å². The molecule has 3 N–H and O–H groups in total. The van der Waals surface area contributed by atoms with Crippen molar-refractivity contribution in [1.29, 1.82) is 0 Å². The van der Waals surface area contributed by atoms with Crippen LogP contribution < -0.4 is 11.1 Å². The van der Waals surface area contributed by atoms with Crippen molar-refractivity contribution >= 4 is 17.3 Å². The van der Waals surface area contributed by atoms with Crippen molar-refractivity contribution in [1.82, 2.24) is 0 Å². The maximum atomic E-state index is 12.0. The first kappa shape index (κ1) is 14.1. The molecule has 0 radical (unpaired) electrons. The quantitative estimate of drug-likeness (QED) is 0.833. The molecule has 0 atom stereocenters. The Morgan fingerprint density at radius 1 is 1.15 bits per heavy atom. The van der Waals surface area contributed by atoms with Gasteiger partial charge in [-0.3, -0.25) is 4.79 Å². The van der Waals surface area contributed by atoms with Gasteiger partial charge >= 0.3 is 0 Å². The lowest BCUT2D eigenvalue weighted by Crippen LogP contribution is -2.14. The van der Waals surface area contributed by atoms with Gasteiger partial charge in [-0.25, -0.2) is 0 Å². The van der Waals surface area contributed by atoms with E-state index in [0.29, 0.717) is 18.0 Å². The number of hydrogen-bond donors (Lipinski definition) is 2. The lowest BCUT2D eigenvalue weighted by atomic mass is 10.0. The van der Waals surface area contributed by atoms with E-state index in [4.69, 9.17) is 5.73 Å². The van der Waals surface area contributed by atoms with Crippen LogP contribution in [0.3, 0.4) is 0 Å². The summed E-state index contributed by atoms with van der Waals surface area (Å²) in [7, 11) is 0. The highest BCUT2D eigenvalue weighted by molar-refractivity contribution is 5.92. The van der Waals surface area contributed by atoms with Gasteiger partial charge in [0, 0.05) is 11.4 Å². The predicted molar refractivity (Wildman–Crippen MR) is 83.7 cm³/mol. The average molecular weight is 268 g/mol. The van der Waals surface area contributed by atoms with E-state index in [2.05, 4.69) is 19.2 Å². The van der Waals surface area contributed by atoms with Crippen LogP contribution in [-0.2, 0) is 11.2 Å². The van der Waals surface area contributed by atoms with Gasteiger partial charge in [-0.05, 0) is 41.3 Å². The smallest absolute Gasteiger partial charge is 0.228 e. The van der Waals surface area contributed by atoms with E-state index >= 15 is 0 Å². The van der Waals surface area contributed by atoms with Gasteiger partial charge in [0.15, 0.2) is 0 Å². The Morgan fingerprint density at radius 2 is 1.85 bits per heavy atom. The topological polar surface area (TPSA) is 55.1 Å². The minimum atomic E-state index is -0.0344.